The molecular formula is C10H16N6OS. The molecule has 8 heteroatoms. The van der Waals surface area contributed by atoms with E-state index in [1.165, 1.54) is 11.8 Å². The zero-order chi connectivity index (χ0) is 13.4. The number of aryl methyl sites for hydroxylation is 2. The third kappa shape index (κ3) is 2.03. The summed E-state index contributed by atoms with van der Waals surface area (Å²) in [7, 11) is 1.82. The van der Waals surface area contributed by atoms with Crippen LogP contribution in [-0.4, -0.2) is 24.5 Å². The number of nitrogens with two attached hydrogens (primary N) is 1. The van der Waals surface area contributed by atoms with Crippen molar-refractivity contribution in [2.45, 2.75) is 37.0 Å². The Balaban J connectivity index is 2.43. The smallest absolute Gasteiger partial charge is 0.344 e. The van der Waals surface area contributed by atoms with E-state index in [0.29, 0.717) is 10.8 Å². The molecule has 0 saturated heterocycles. The van der Waals surface area contributed by atoms with Crippen LogP contribution in [0.15, 0.2) is 15.0 Å². The van der Waals surface area contributed by atoms with Crippen molar-refractivity contribution in [1.82, 2.24) is 24.5 Å². The van der Waals surface area contributed by atoms with Gasteiger partial charge >= 0.3 is 5.69 Å². The highest BCUT2D eigenvalue weighted by molar-refractivity contribution is 7.99. The second-order valence-corrected chi connectivity index (χ2v) is 5.26. The lowest BCUT2D eigenvalue weighted by Crippen LogP contribution is -2.19. The van der Waals surface area contributed by atoms with Crippen molar-refractivity contribution < 1.29 is 0 Å². The molecule has 0 spiro atoms. The van der Waals surface area contributed by atoms with Gasteiger partial charge in [0, 0.05) is 13.1 Å². The molecule has 98 valence electrons. The summed E-state index contributed by atoms with van der Waals surface area (Å²) in [4.78, 5) is 11.6. The molecule has 18 heavy (non-hydrogen) atoms. The average Bonchev–Trinajstić information content (AvgIpc) is 2.75. The highest BCUT2D eigenvalue weighted by atomic mass is 32.2. The fourth-order valence-corrected chi connectivity index (χ4v) is 2.77. The number of H-pyrrole nitrogens is 1. The standard InChI is InChI=1S/C10H16N6OS/c1-5(2)16-9(17)12-13-10(16)18-8-7(11)6(3)14-15(8)4/h5H,11H2,1-4H3,(H,12,17). The number of hydrogen-bond donors (Lipinski definition) is 2. The van der Waals surface area contributed by atoms with Gasteiger partial charge in [0.15, 0.2) is 5.16 Å². The number of aromatic nitrogens is 5. The van der Waals surface area contributed by atoms with Gasteiger partial charge < -0.3 is 5.73 Å². The Morgan fingerprint density at radius 3 is 2.61 bits per heavy atom. The third-order valence-electron chi connectivity index (χ3n) is 2.59. The van der Waals surface area contributed by atoms with Gasteiger partial charge in [-0.25, -0.2) is 9.89 Å². The lowest BCUT2D eigenvalue weighted by atomic mass is 10.4. The Morgan fingerprint density at radius 1 is 1.44 bits per heavy atom. The van der Waals surface area contributed by atoms with Gasteiger partial charge in [0.1, 0.15) is 5.03 Å². The largest absolute Gasteiger partial charge is 0.395 e. The third-order valence-corrected chi connectivity index (χ3v) is 3.74. The molecule has 0 radical (unpaired) electrons. The Hall–Kier alpha value is -1.70. The van der Waals surface area contributed by atoms with Crippen molar-refractivity contribution in [3.8, 4) is 0 Å². The first-order chi connectivity index (χ1) is 8.41. The van der Waals surface area contributed by atoms with Crippen LogP contribution in [0.2, 0.25) is 0 Å². The first-order valence-corrected chi connectivity index (χ1v) is 6.37. The van der Waals surface area contributed by atoms with E-state index in [1.54, 1.807) is 9.25 Å². The molecule has 7 nitrogen and oxygen atoms in total. The Labute approximate surface area is 108 Å². The summed E-state index contributed by atoms with van der Waals surface area (Å²) in [5.74, 6) is 0. The number of rotatable bonds is 3. The van der Waals surface area contributed by atoms with E-state index in [9.17, 15) is 4.79 Å². The van der Waals surface area contributed by atoms with E-state index >= 15 is 0 Å². The molecule has 0 amide bonds. The van der Waals surface area contributed by atoms with E-state index in [4.69, 9.17) is 5.73 Å². The zero-order valence-electron chi connectivity index (χ0n) is 10.8. The van der Waals surface area contributed by atoms with Crippen LogP contribution in [0.4, 0.5) is 5.69 Å². The summed E-state index contributed by atoms with van der Waals surface area (Å²) in [5, 5.41) is 12.1. The van der Waals surface area contributed by atoms with Crippen LogP contribution >= 0.6 is 11.8 Å². The van der Waals surface area contributed by atoms with Crippen molar-refractivity contribution in [3.63, 3.8) is 0 Å². The minimum absolute atomic E-state index is 0.0364. The molecule has 0 aliphatic rings. The molecule has 0 atom stereocenters. The predicted molar refractivity (Wildman–Crippen MR) is 69.7 cm³/mol. The van der Waals surface area contributed by atoms with Gasteiger partial charge in [-0.3, -0.25) is 9.25 Å². The van der Waals surface area contributed by atoms with E-state index in [0.717, 1.165) is 10.7 Å². The average molecular weight is 268 g/mol. The maximum absolute atomic E-state index is 11.6. The SMILES string of the molecule is Cc1nn(C)c(Sc2n[nH]c(=O)n2C(C)C)c1N. The number of nitrogen functional groups attached to an aromatic ring is 1. The van der Waals surface area contributed by atoms with Gasteiger partial charge in [0.05, 0.1) is 11.4 Å². The molecule has 2 aromatic heterocycles. The first kappa shape index (κ1) is 12.7. The number of nitrogens with one attached hydrogen (secondary N) is 1. The monoisotopic (exact) mass is 268 g/mol. The molecule has 0 saturated carbocycles. The molecular weight excluding hydrogens is 252 g/mol. The molecule has 3 N–H and O–H groups in total. The van der Waals surface area contributed by atoms with Crippen LogP contribution in [0.3, 0.4) is 0 Å². The summed E-state index contributed by atoms with van der Waals surface area (Å²) in [6.45, 7) is 5.71. The van der Waals surface area contributed by atoms with Crippen LogP contribution in [0.25, 0.3) is 0 Å². The van der Waals surface area contributed by atoms with Crippen molar-refractivity contribution in [3.05, 3.63) is 16.2 Å². The fraction of sp³-hybridized carbons (Fsp3) is 0.500. The molecule has 0 aromatic carbocycles. The molecule has 0 aliphatic heterocycles. The van der Waals surface area contributed by atoms with Crippen LogP contribution in [-0.2, 0) is 7.05 Å². The Morgan fingerprint density at radius 2 is 2.11 bits per heavy atom. The number of anilines is 1. The second-order valence-electron chi connectivity index (χ2n) is 4.30. The molecule has 2 rings (SSSR count). The molecule has 0 bridgehead atoms. The summed E-state index contributed by atoms with van der Waals surface area (Å²) in [6.07, 6.45) is 0. The lowest BCUT2D eigenvalue weighted by Gasteiger charge is -2.08. The number of hydrogen-bond acceptors (Lipinski definition) is 5. The summed E-state index contributed by atoms with van der Waals surface area (Å²) < 4.78 is 3.28. The normalized spacial score (nSPS) is 11.4. The van der Waals surface area contributed by atoms with Crippen LogP contribution in [0, 0.1) is 6.92 Å². The molecule has 2 heterocycles. The van der Waals surface area contributed by atoms with Crippen molar-refractivity contribution in [2.75, 3.05) is 5.73 Å². The first-order valence-electron chi connectivity index (χ1n) is 5.55. The van der Waals surface area contributed by atoms with Crippen molar-refractivity contribution in [2.24, 2.45) is 7.05 Å². The van der Waals surface area contributed by atoms with Gasteiger partial charge in [0.2, 0.25) is 0 Å². The number of aromatic amines is 1. The molecule has 0 unspecified atom stereocenters. The zero-order valence-corrected chi connectivity index (χ0v) is 11.6. The van der Waals surface area contributed by atoms with Gasteiger partial charge in [-0.1, -0.05) is 0 Å². The summed E-state index contributed by atoms with van der Waals surface area (Å²) in [6, 6.07) is 0.0364. The predicted octanol–water partition coefficient (Wildman–Crippen LogP) is 0.928. The Bertz CT molecular complexity index is 623. The quantitative estimate of drug-likeness (QED) is 0.863. The summed E-state index contributed by atoms with van der Waals surface area (Å²) in [5.41, 5.74) is 7.13. The van der Waals surface area contributed by atoms with E-state index in [-0.39, 0.29) is 11.7 Å². The van der Waals surface area contributed by atoms with Crippen LogP contribution < -0.4 is 11.4 Å². The highest BCUT2D eigenvalue weighted by Gasteiger charge is 2.17. The highest BCUT2D eigenvalue weighted by Crippen LogP contribution is 2.32. The van der Waals surface area contributed by atoms with Crippen LogP contribution in [0.1, 0.15) is 25.6 Å². The van der Waals surface area contributed by atoms with Gasteiger partial charge in [0.25, 0.3) is 0 Å². The molecule has 0 aliphatic carbocycles. The number of nitrogens with zero attached hydrogens (tertiary/aromatic N) is 4. The minimum atomic E-state index is -0.218. The van der Waals surface area contributed by atoms with Crippen molar-refractivity contribution >= 4 is 17.4 Å². The topological polar surface area (TPSA) is 94.5 Å². The lowest BCUT2D eigenvalue weighted by molar-refractivity contribution is 0.533. The van der Waals surface area contributed by atoms with Gasteiger partial charge in [-0.2, -0.15) is 5.10 Å². The summed E-state index contributed by atoms with van der Waals surface area (Å²) >= 11 is 1.33. The fourth-order valence-electron chi connectivity index (χ4n) is 1.68. The van der Waals surface area contributed by atoms with E-state index in [2.05, 4.69) is 15.3 Å². The Kier molecular flexibility index (Phi) is 3.20. The molecule has 2 aromatic rings. The minimum Gasteiger partial charge on any atom is -0.395 e. The van der Waals surface area contributed by atoms with Crippen LogP contribution in [0.5, 0.6) is 0 Å². The van der Waals surface area contributed by atoms with Crippen molar-refractivity contribution in [1.29, 1.82) is 0 Å². The van der Waals surface area contributed by atoms with E-state index < -0.39 is 0 Å². The van der Waals surface area contributed by atoms with Gasteiger partial charge in [-0.05, 0) is 32.5 Å². The maximum atomic E-state index is 11.6. The van der Waals surface area contributed by atoms with Gasteiger partial charge in [-0.15, -0.1) is 5.10 Å². The molecule has 0 fully saturated rings. The maximum Gasteiger partial charge on any atom is 0.344 e. The van der Waals surface area contributed by atoms with E-state index in [1.807, 2.05) is 27.8 Å². The second kappa shape index (κ2) is 4.52.